The van der Waals surface area contributed by atoms with Gasteiger partial charge in [0, 0.05) is 0 Å². The maximum Gasteiger partial charge on any atom is 0.339 e. The van der Waals surface area contributed by atoms with Crippen molar-refractivity contribution in [1.82, 2.24) is 0 Å². The van der Waals surface area contributed by atoms with Crippen molar-refractivity contribution in [2.45, 2.75) is 6.10 Å². The summed E-state index contributed by atoms with van der Waals surface area (Å²) in [5, 5.41) is 35.3. The zero-order valence-corrected chi connectivity index (χ0v) is 10.1. The molecular formula is C12H12O8. The second-order valence-electron chi connectivity index (χ2n) is 3.81. The van der Waals surface area contributed by atoms with Crippen LogP contribution >= 0.6 is 0 Å². The van der Waals surface area contributed by atoms with Crippen molar-refractivity contribution in [3.8, 4) is 0 Å². The molecular weight excluding hydrogens is 272 g/mol. The minimum absolute atomic E-state index is 0.283. The molecule has 0 spiro atoms. The van der Waals surface area contributed by atoms with Crippen LogP contribution in [0.15, 0.2) is 18.2 Å². The third-order valence-corrected chi connectivity index (χ3v) is 2.33. The first-order chi connectivity index (χ1) is 9.36. The van der Waals surface area contributed by atoms with Gasteiger partial charge in [-0.2, -0.15) is 0 Å². The van der Waals surface area contributed by atoms with Gasteiger partial charge in [0.2, 0.25) is 0 Å². The lowest BCUT2D eigenvalue weighted by Crippen LogP contribution is -2.23. The number of ether oxygens (including phenoxy) is 1. The van der Waals surface area contributed by atoms with Crippen LogP contribution in [0.5, 0.6) is 0 Å². The van der Waals surface area contributed by atoms with Crippen LogP contribution in [0, 0.1) is 0 Å². The first-order valence-corrected chi connectivity index (χ1v) is 5.43. The van der Waals surface area contributed by atoms with Gasteiger partial charge in [-0.3, -0.25) is 0 Å². The fraction of sp³-hybridized carbons (Fsp3) is 0.250. The van der Waals surface area contributed by atoms with E-state index in [0.717, 1.165) is 18.2 Å². The van der Waals surface area contributed by atoms with Gasteiger partial charge in [-0.25, -0.2) is 14.4 Å². The van der Waals surface area contributed by atoms with E-state index in [4.69, 9.17) is 20.4 Å². The van der Waals surface area contributed by atoms with E-state index in [-0.39, 0.29) is 11.1 Å². The molecule has 4 N–H and O–H groups in total. The highest BCUT2D eigenvalue weighted by molar-refractivity contribution is 6.04. The van der Waals surface area contributed by atoms with Crippen molar-refractivity contribution in [2.24, 2.45) is 0 Å². The van der Waals surface area contributed by atoms with Gasteiger partial charge < -0.3 is 25.2 Å². The second kappa shape index (κ2) is 6.64. The van der Waals surface area contributed by atoms with Crippen LogP contribution in [-0.2, 0) is 4.74 Å². The summed E-state index contributed by atoms with van der Waals surface area (Å²) in [5.74, 6) is -3.85. The summed E-state index contributed by atoms with van der Waals surface area (Å²) in [6, 6.07) is 2.91. The number of hydrogen-bond acceptors (Lipinski definition) is 6. The third kappa shape index (κ3) is 3.77. The van der Waals surface area contributed by atoms with Crippen LogP contribution in [0.25, 0.3) is 0 Å². The minimum Gasteiger partial charge on any atom is -0.478 e. The average Bonchev–Trinajstić information content (AvgIpc) is 2.43. The molecule has 1 aromatic rings. The molecule has 8 heteroatoms. The molecule has 1 unspecified atom stereocenters. The molecule has 20 heavy (non-hydrogen) atoms. The first-order valence-electron chi connectivity index (χ1n) is 5.43. The van der Waals surface area contributed by atoms with Gasteiger partial charge in [-0.15, -0.1) is 0 Å². The Hall–Kier alpha value is -2.45. The van der Waals surface area contributed by atoms with Crippen molar-refractivity contribution in [1.29, 1.82) is 0 Å². The van der Waals surface area contributed by atoms with Crippen LogP contribution in [-0.4, -0.2) is 57.7 Å². The lowest BCUT2D eigenvalue weighted by atomic mass is 10.0. The Morgan fingerprint density at radius 2 is 1.75 bits per heavy atom. The topological polar surface area (TPSA) is 141 Å². The largest absolute Gasteiger partial charge is 0.478 e. The number of carboxylic acids is 2. The van der Waals surface area contributed by atoms with Gasteiger partial charge in [0.25, 0.3) is 0 Å². The Balaban J connectivity index is 3.02. The summed E-state index contributed by atoms with van der Waals surface area (Å²) >= 11 is 0. The molecule has 0 fully saturated rings. The SMILES string of the molecule is O=C(O)c1ccc(C(=O)OCC(O)CO)c(C(=O)O)c1. The summed E-state index contributed by atoms with van der Waals surface area (Å²) in [7, 11) is 0. The van der Waals surface area contributed by atoms with Gasteiger partial charge in [0.1, 0.15) is 12.7 Å². The number of carbonyl (C=O) groups is 3. The lowest BCUT2D eigenvalue weighted by molar-refractivity contribution is 0.00910. The Labute approximate surface area is 112 Å². The summed E-state index contributed by atoms with van der Waals surface area (Å²) in [6.07, 6.45) is -1.27. The first kappa shape index (κ1) is 15.6. The quantitative estimate of drug-likeness (QED) is 0.517. The van der Waals surface area contributed by atoms with Gasteiger partial charge >= 0.3 is 17.9 Å². The number of esters is 1. The Morgan fingerprint density at radius 1 is 1.10 bits per heavy atom. The van der Waals surface area contributed by atoms with E-state index in [9.17, 15) is 14.4 Å². The molecule has 0 radical (unpaired) electrons. The van der Waals surface area contributed by atoms with Gasteiger partial charge in [-0.1, -0.05) is 0 Å². The zero-order valence-electron chi connectivity index (χ0n) is 10.1. The number of rotatable bonds is 6. The fourth-order valence-electron chi connectivity index (χ4n) is 1.33. The molecule has 0 aliphatic heterocycles. The van der Waals surface area contributed by atoms with E-state index in [0.29, 0.717) is 0 Å². The molecule has 108 valence electrons. The van der Waals surface area contributed by atoms with E-state index >= 15 is 0 Å². The highest BCUT2D eigenvalue weighted by Crippen LogP contribution is 2.14. The highest BCUT2D eigenvalue weighted by Gasteiger charge is 2.20. The number of carbonyl (C=O) groups excluding carboxylic acids is 1. The molecule has 0 saturated heterocycles. The van der Waals surface area contributed by atoms with E-state index < -0.39 is 42.8 Å². The molecule has 0 amide bonds. The predicted octanol–water partition coefficient (Wildman–Crippen LogP) is -0.407. The van der Waals surface area contributed by atoms with Gasteiger partial charge in [-0.05, 0) is 18.2 Å². The number of hydrogen-bond donors (Lipinski definition) is 4. The highest BCUT2D eigenvalue weighted by atomic mass is 16.5. The van der Waals surface area contributed by atoms with Crippen LogP contribution in [0.1, 0.15) is 31.1 Å². The average molecular weight is 284 g/mol. The molecule has 0 heterocycles. The maximum absolute atomic E-state index is 11.6. The number of carboxylic acid groups (broad SMARTS) is 2. The molecule has 0 aliphatic rings. The van der Waals surface area contributed by atoms with Gasteiger partial charge in [0.05, 0.1) is 23.3 Å². The fourth-order valence-corrected chi connectivity index (χ4v) is 1.33. The Morgan fingerprint density at radius 3 is 2.25 bits per heavy atom. The summed E-state index contributed by atoms with van der Waals surface area (Å²) in [6.45, 7) is -1.12. The van der Waals surface area contributed by atoms with Crippen LogP contribution < -0.4 is 0 Å². The third-order valence-electron chi connectivity index (χ3n) is 2.33. The van der Waals surface area contributed by atoms with Crippen molar-refractivity contribution >= 4 is 17.9 Å². The zero-order chi connectivity index (χ0) is 15.3. The molecule has 1 aromatic carbocycles. The summed E-state index contributed by atoms with van der Waals surface area (Å²) in [5.41, 5.74) is -1.14. The Bertz CT molecular complexity index is 536. The molecule has 1 atom stereocenters. The lowest BCUT2D eigenvalue weighted by Gasteiger charge is -2.10. The van der Waals surface area contributed by atoms with Crippen molar-refractivity contribution in [3.63, 3.8) is 0 Å². The van der Waals surface area contributed by atoms with Crippen molar-refractivity contribution in [2.75, 3.05) is 13.2 Å². The van der Waals surface area contributed by atoms with Crippen LogP contribution in [0.2, 0.25) is 0 Å². The van der Waals surface area contributed by atoms with E-state index in [1.54, 1.807) is 0 Å². The van der Waals surface area contributed by atoms with Crippen molar-refractivity contribution < 1.29 is 39.5 Å². The standard InChI is InChI=1S/C12H12O8/c13-4-7(14)5-20-12(19)8-2-1-6(10(15)16)3-9(8)11(17)18/h1-3,7,13-14H,4-5H2,(H,15,16)(H,17,18). The maximum atomic E-state index is 11.6. The van der Waals surface area contributed by atoms with Gasteiger partial charge in [0.15, 0.2) is 0 Å². The van der Waals surface area contributed by atoms with E-state index in [1.165, 1.54) is 0 Å². The monoisotopic (exact) mass is 284 g/mol. The molecule has 1 rings (SSSR count). The van der Waals surface area contributed by atoms with Crippen LogP contribution in [0.4, 0.5) is 0 Å². The summed E-state index contributed by atoms with van der Waals surface area (Å²) in [4.78, 5) is 33.4. The number of aliphatic hydroxyl groups is 2. The van der Waals surface area contributed by atoms with E-state index in [1.807, 2.05) is 0 Å². The van der Waals surface area contributed by atoms with Crippen LogP contribution in [0.3, 0.4) is 0 Å². The molecule has 0 aromatic heterocycles. The molecule has 0 aliphatic carbocycles. The second-order valence-corrected chi connectivity index (χ2v) is 3.81. The summed E-state index contributed by atoms with van der Waals surface area (Å²) < 4.78 is 4.61. The van der Waals surface area contributed by atoms with Crippen molar-refractivity contribution in [3.05, 3.63) is 34.9 Å². The molecule has 0 saturated carbocycles. The Kier molecular flexibility index (Phi) is 5.18. The number of benzene rings is 1. The molecule has 8 nitrogen and oxygen atoms in total. The number of aliphatic hydroxyl groups excluding tert-OH is 2. The smallest absolute Gasteiger partial charge is 0.339 e. The number of aromatic carboxylic acids is 2. The minimum atomic E-state index is -1.48. The normalized spacial score (nSPS) is 11.7. The van der Waals surface area contributed by atoms with E-state index in [2.05, 4.69) is 4.74 Å². The predicted molar refractivity (Wildman–Crippen MR) is 63.7 cm³/mol. The molecule has 0 bridgehead atoms.